The average Bonchev–Trinajstić information content (AvgIpc) is 3.03. The lowest BCUT2D eigenvalue weighted by Crippen LogP contribution is -2.11. The SMILES string of the molecule is Cc1cc(NC(c2ccccc2)c2ccco2)ccc1Br. The molecule has 0 amide bonds. The fraction of sp³-hybridized carbons (Fsp3) is 0.111. The molecule has 0 aliphatic heterocycles. The molecule has 1 atom stereocenters. The highest BCUT2D eigenvalue weighted by atomic mass is 79.9. The van der Waals surface area contributed by atoms with Crippen LogP contribution in [0.5, 0.6) is 0 Å². The lowest BCUT2D eigenvalue weighted by Gasteiger charge is -2.19. The quantitative estimate of drug-likeness (QED) is 0.672. The van der Waals surface area contributed by atoms with Crippen LogP contribution < -0.4 is 5.32 Å². The van der Waals surface area contributed by atoms with E-state index in [1.807, 2.05) is 30.3 Å². The molecule has 1 unspecified atom stereocenters. The maximum absolute atomic E-state index is 5.60. The molecule has 0 spiro atoms. The first-order valence-electron chi connectivity index (χ1n) is 6.85. The molecule has 3 aromatic rings. The Morgan fingerprint density at radius 1 is 1.00 bits per heavy atom. The van der Waals surface area contributed by atoms with Crippen molar-refractivity contribution in [2.24, 2.45) is 0 Å². The highest BCUT2D eigenvalue weighted by Crippen LogP contribution is 2.28. The van der Waals surface area contributed by atoms with E-state index in [2.05, 4.69) is 58.5 Å². The standard InChI is InChI=1S/C18H16BrNO/c1-13-12-15(9-10-16(13)19)20-18(17-8-5-11-21-17)14-6-3-2-4-7-14/h2-12,18,20H,1H3. The minimum Gasteiger partial charge on any atom is -0.467 e. The van der Waals surface area contributed by atoms with E-state index in [0.29, 0.717) is 0 Å². The van der Waals surface area contributed by atoms with Gasteiger partial charge in [0, 0.05) is 10.2 Å². The van der Waals surface area contributed by atoms with E-state index in [0.717, 1.165) is 15.9 Å². The fourth-order valence-electron chi connectivity index (χ4n) is 2.32. The second kappa shape index (κ2) is 6.19. The van der Waals surface area contributed by atoms with Crippen LogP contribution in [-0.2, 0) is 0 Å². The lowest BCUT2D eigenvalue weighted by molar-refractivity contribution is 0.499. The van der Waals surface area contributed by atoms with Gasteiger partial charge in [0.2, 0.25) is 0 Å². The van der Waals surface area contributed by atoms with Crippen LogP contribution in [0.15, 0.2) is 75.8 Å². The zero-order valence-electron chi connectivity index (χ0n) is 11.7. The molecule has 0 aliphatic rings. The Morgan fingerprint density at radius 3 is 2.48 bits per heavy atom. The third-order valence-electron chi connectivity index (χ3n) is 3.43. The number of halogens is 1. The number of aryl methyl sites for hydroxylation is 1. The molecule has 21 heavy (non-hydrogen) atoms. The average molecular weight is 342 g/mol. The van der Waals surface area contributed by atoms with Gasteiger partial charge in [-0.1, -0.05) is 46.3 Å². The Morgan fingerprint density at radius 2 is 1.81 bits per heavy atom. The fourth-order valence-corrected chi connectivity index (χ4v) is 2.57. The molecule has 3 heteroatoms. The van der Waals surface area contributed by atoms with E-state index < -0.39 is 0 Å². The van der Waals surface area contributed by atoms with Gasteiger partial charge in [-0.15, -0.1) is 0 Å². The molecule has 3 rings (SSSR count). The highest BCUT2D eigenvalue weighted by Gasteiger charge is 2.16. The van der Waals surface area contributed by atoms with Crippen LogP contribution in [0.4, 0.5) is 5.69 Å². The topological polar surface area (TPSA) is 25.2 Å². The van der Waals surface area contributed by atoms with Gasteiger partial charge < -0.3 is 9.73 Å². The van der Waals surface area contributed by atoms with E-state index in [9.17, 15) is 0 Å². The Bertz CT molecular complexity index is 707. The summed E-state index contributed by atoms with van der Waals surface area (Å²) >= 11 is 3.53. The number of furan rings is 1. The van der Waals surface area contributed by atoms with Crippen LogP contribution in [0.25, 0.3) is 0 Å². The summed E-state index contributed by atoms with van der Waals surface area (Å²) < 4.78 is 6.72. The maximum Gasteiger partial charge on any atom is 0.130 e. The summed E-state index contributed by atoms with van der Waals surface area (Å²) in [5.41, 5.74) is 3.44. The molecular formula is C18H16BrNO. The van der Waals surface area contributed by atoms with E-state index in [1.165, 1.54) is 11.1 Å². The van der Waals surface area contributed by atoms with Gasteiger partial charge in [0.1, 0.15) is 11.8 Å². The molecule has 0 saturated carbocycles. The van der Waals surface area contributed by atoms with Gasteiger partial charge in [0.25, 0.3) is 0 Å². The molecule has 0 saturated heterocycles. The van der Waals surface area contributed by atoms with Crippen molar-refractivity contribution in [3.05, 3.63) is 88.3 Å². The summed E-state index contributed by atoms with van der Waals surface area (Å²) in [6.07, 6.45) is 1.71. The van der Waals surface area contributed by atoms with E-state index in [-0.39, 0.29) is 6.04 Å². The summed E-state index contributed by atoms with van der Waals surface area (Å²) in [5, 5.41) is 3.55. The molecule has 0 aliphatic carbocycles. The number of hydrogen-bond acceptors (Lipinski definition) is 2. The van der Waals surface area contributed by atoms with Crippen molar-refractivity contribution < 1.29 is 4.42 Å². The third-order valence-corrected chi connectivity index (χ3v) is 4.32. The van der Waals surface area contributed by atoms with Crippen LogP contribution >= 0.6 is 15.9 Å². The van der Waals surface area contributed by atoms with Crippen molar-refractivity contribution in [1.29, 1.82) is 0 Å². The van der Waals surface area contributed by atoms with Gasteiger partial charge in [0.05, 0.1) is 6.26 Å². The minimum absolute atomic E-state index is 0.00164. The molecule has 2 aromatic carbocycles. The Hall–Kier alpha value is -2.00. The van der Waals surface area contributed by atoms with E-state index >= 15 is 0 Å². The second-order valence-corrected chi connectivity index (χ2v) is 5.82. The molecule has 106 valence electrons. The minimum atomic E-state index is 0.00164. The monoisotopic (exact) mass is 341 g/mol. The second-order valence-electron chi connectivity index (χ2n) is 4.97. The smallest absolute Gasteiger partial charge is 0.130 e. The Labute approximate surface area is 132 Å². The van der Waals surface area contributed by atoms with Crippen molar-refractivity contribution in [2.75, 3.05) is 5.32 Å². The van der Waals surface area contributed by atoms with Crippen molar-refractivity contribution >= 4 is 21.6 Å². The van der Waals surface area contributed by atoms with Gasteiger partial charge >= 0.3 is 0 Å². The van der Waals surface area contributed by atoms with Gasteiger partial charge in [-0.3, -0.25) is 0 Å². The number of hydrogen-bond donors (Lipinski definition) is 1. The van der Waals surface area contributed by atoms with Crippen molar-refractivity contribution in [1.82, 2.24) is 0 Å². The van der Waals surface area contributed by atoms with E-state index in [1.54, 1.807) is 6.26 Å². The maximum atomic E-state index is 5.60. The molecule has 0 fully saturated rings. The molecule has 0 radical (unpaired) electrons. The van der Waals surface area contributed by atoms with Crippen molar-refractivity contribution in [3.63, 3.8) is 0 Å². The molecule has 1 heterocycles. The summed E-state index contributed by atoms with van der Waals surface area (Å²) in [7, 11) is 0. The Kier molecular flexibility index (Phi) is 4.11. The number of rotatable bonds is 4. The molecule has 2 nitrogen and oxygen atoms in total. The van der Waals surface area contributed by atoms with E-state index in [4.69, 9.17) is 4.42 Å². The number of benzene rings is 2. The molecule has 1 N–H and O–H groups in total. The summed E-state index contributed by atoms with van der Waals surface area (Å²) in [6.45, 7) is 2.08. The predicted octanol–water partition coefficient (Wildman–Crippen LogP) is 5.55. The molecule has 0 bridgehead atoms. The summed E-state index contributed by atoms with van der Waals surface area (Å²) in [4.78, 5) is 0. The zero-order valence-corrected chi connectivity index (χ0v) is 13.3. The molecule has 1 aromatic heterocycles. The largest absolute Gasteiger partial charge is 0.467 e. The van der Waals surface area contributed by atoms with Crippen LogP contribution in [0.1, 0.15) is 22.9 Å². The lowest BCUT2D eigenvalue weighted by atomic mass is 10.0. The Balaban J connectivity index is 1.95. The first kappa shape index (κ1) is 14.0. The molecular weight excluding hydrogens is 326 g/mol. The third kappa shape index (κ3) is 3.19. The van der Waals surface area contributed by atoms with Crippen LogP contribution in [-0.4, -0.2) is 0 Å². The van der Waals surface area contributed by atoms with Gasteiger partial charge in [-0.25, -0.2) is 0 Å². The predicted molar refractivity (Wildman–Crippen MR) is 89.5 cm³/mol. The van der Waals surface area contributed by atoms with Crippen LogP contribution in [0.3, 0.4) is 0 Å². The first-order chi connectivity index (χ1) is 10.2. The highest BCUT2D eigenvalue weighted by molar-refractivity contribution is 9.10. The van der Waals surface area contributed by atoms with Gasteiger partial charge in [0.15, 0.2) is 0 Å². The normalized spacial score (nSPS) is 12.1. The van der Waals surface area contributed by atoms with Gasteiger partial charge in [-0.2, -0.15) is 0 Å². The first-order valence-corrected chi connectivity index (χ1v) is 7.64. The number of nitrogens with one attached hydrogen (secondary N) is 1. The van der Waals surface area contributed by atoms with Crippen molar-refractivity contribution in [2.45, 2.75) is 13.0 Å². The number of anilines is 1. The van der Waals surface area contributed by atoms with Crippen LogP contribution in [0, 0.1) is 6.92 Å². The van der Waals surface area contributed by atoms with Crippen molar-refractivity contribution in [3.8, 4) is 0 Å². The van der Waals surface area contributed by atoms with Crippen LogP contribution in [0.2, 0.25) is 0 Å². The van der Waals surface area contributed by atoms with Gasteiger partial charge in [-0.05, 0) is 48.4 Å². The summed E-state index contributed by atoms with van der Waals surface area (Å²) in [5.74, 6) is 0.904. The summed E-state index contributed by atoms with van der Waals surface area (Å²) in [6, 6.07) is 20.5. The zero-order chi connectivity index (χ0) is 14.7.